The minimum Gasteiger partial charge on any atom is -0.504 e. The fraction of sp³-hybridized carbons (Fsp3) is 0.481. The Morgan fingerprint density at radius 2 is 1.14 bits per heavy atom. The number of carbonyl (C=O) groups is 2. The molecule has 4 N–H and O–H groups in total. The second kappa shape index (κ2) is 21.1. The molecule has 0 spiro atoms. The van der Waals surface area contributed by atoms with Crippen LogP contribution in [-0.2, 0) is 22.7 Å². The van der Waals surface area contributed by atoms with Crippen LogP contribution in [0.4, 0.5) is 0 Å². The zero-order valence-corrected chi connectivity index (χ0v) is 22.5. The summed E-state index contributed by atoms with van der Waals surface area (Å²) in [6, 6.07) is 9.75. The van der Waals surface area contributed by atoms with Crippen molar-refractivity contribution in [3.8, 4) is 23.0 Å². The Labute approximate surface area is 210 Å². The minimum atomic E-state index is -0.277. The Morgan fingerprint density at radius 3 is 1.66 bits per heavy atom. The van der Waals surface area contributed by atoms with Gasteiger partial charge in [-0.3, -0.25) is 9.59 Å². The Bertz CT molecular complexity index is 856. The summed E-state index contributed by atoms with van der Waals surface area (Å²) in [6.07, 6.45) is 0.119. The van der Waals surface area contributed by atoms with E-state index in [0.29, 0.717) is 23.6 Å². The van der Waals surface area contributed by atoms with Crippen LogP contribution < -0.4 is 20.1 Å². The van der Waals surface area contributed by atoms with E-state index in [0.717, 1.165) is 5.56 Å². The van der Waals surface area contributed by atoms with Crippen molar-refractivity contribution >= 4 is 11.8 Å². The van der Waals surface area contributed by atoms with E-state index in [4.69, 9.17) is 9.47 Å². The lowest BCUT2D eigenvalue weighted by atomic mass is 10.2. The fourth-order valence-electron chi connectivity index (χ4n) is 2.54. The van der Waals surface area contributed by atoms with E-state index in [1.807, 2.05) is 67.5 Å². The monoisotopic (exact) mass is 492 g/mol. The zero-order valence-electron chi connectivity index (χ0n) is 22.5. The van der Waals surface area contributed by atoms with E-state index in [2.05, 4.69) is 10.6 Å². The number of phenols is 2. The van der Waals surface area contributed by atoms with E-state index < -0.39 is 0 Å². The molecule has 3 rings (SSSR count). The molecule has 0 aromatic heterocycles. The number of rotatable bonds is 7. The molecule has 8 heteroatoms. The summed E-state index contributed by atoms with van der Waals surface area (Å²) in [6.45, 7) is 16.7. The highest BCUT2D eigenvalue weighted by Crippen LogP contribution is 2.32. The molecule has 0 unspecified atom stereocenters. The summed E-state index contributed by atoms with van der Waals surface area (Å²) in [7, 11) is 0. The summed E-state index contributed by atoms with van der Waals surface area (Å²) in [5.41, 5.74) is 1.52. The molecule has 198 valence electrons. The number of nitrogens with one attached hydrogen (secondary N) is 2. The maximum Gasteiger partial charge on any atom is 0.231 e. The summed E-state index contributed by atoms with van der Waals surface area (Å²) < 4.78 is 10.5. The summed E-state index contributed by atoms with van der Waals surface area (Å²) in [5.74, 6) is 0.366. The van der Waals surface area contributed by atoms with Crippen LogP contribution in [-0.4, -0.2) is 28.8 Å². The second-order valence-corrected chi connectivity index (χ2v) is 6.06. The topological polar surface area (TPSA) is 117 Å². The molecule has 8 nitrogen and oxygen atoms in total. The smallest absolute Gasteiger partial charge is 0.231 e. The van der Waals surface area contributed by atoms with Crippen LogP contribution in [0.25, 0.3) is 0 Å². The number of amides is 2. The Balaban J connectivity index is 0. The number of aromatic hydroxyl groups is 2. The van der Waals surface area contributed by atoms with E-state index in [1.165, 1.54) is 12.1 Å². The molecule has 0 bridgehead atoms. The molecule has 0 saturated carbocycles. The highest BCUT2D eigenvalue weighted by molar-refractivity contribution is 5.83. The first kappa shape index (κ1) is 33.8. The number of carbonyl (C=O) groups excluding carboxylic acids is 2. The average Bonchev–Trinajstić information content (AvgIpc) is 3.39. The predicted octanol–water partition coefficient (Wildman–Crippen LogP) is 5.64. The number of hydrogen-bond acceptors (Lipinski definition) is 6. The third-order valence-corrected chi connectivity index (χ3v) is 4.04. The van der Waals surface area contributed by atoms with Crippen LogP contribution in [0.1, 0.15) is 79.4 Å². The van der Waals surface area contributed by atoms with Gasteiger partial charge in [-0.25, -0.2) is 0 Å². The molecule has 35 heavy (non-hydrogen) atoms. The van der Waals surface area contributed by atoms with E-state index in [1.54, 1.807) is 12.1 Å². The van der Waals surface area contributed by atoms with Crippen molar-refractivity contribution in [1.82, 2.24) is 10.6 Å². The van der Waals surface area contributed by atoms with Gasteiger partial charge in [-0.15, -0.1) is 0 Å². The maximum atomic E-state index is 11.9. The van der Waals surface area contributed by atoms with Crippen LogP contribution in [0.15, 0.2) is 36.4 Å². The van der Waals surface area contributed by atoms with Gasteiger partial charge < -0.3 is 30.3 Å². The predicted molar refractivity (Wildman–Crippen MR) is 141 cm³/mol. The number of hydrogen-bond donors (Lipinski definition) is 4. The lowest BCUT2D eigenvalue weighted by Gasteiger charge is -2.08. The normalized spacial score (nSPS) is 9.83. The molecule has 2 amide bonds. The van der Waals surface area contributed by atoms with Crippen molar-refractivity contribution in [3.05, 3.63) is 47.5 Å². The zero-order chi connectivity index (χ0) is 27.2. The number of ether oxygens (including phenoxy) is 2. The first-order valence-corrected chi connectivity index (χ1v) is 12.4. The summed E-state index contributed by atoms with van der Waals surface area (Å²) in [5, 5.41) is 24.1. The molecule has 0 radical (unpaired) electrons. The van der Waals surface area contributed by atoms with Gasteiger partial charge in [-0.05, 0) is 35.4 Å². The lowest BCUT2D eigenvalue weighted by molar-refractivity contribution is -0.126. The molecule has 1 aliphatic rings. The SMILES string of the molecule is CC.CC.CC.CC.O=C(CCC(=O)NCc1ccc2c(c1)OCO2)NCc1ccc(O)c(O)c1. The summed E-state index contributed by atoms with van der Waals surface area (Å²) in [4.78, 5) is 23.7. The van der Waals surface area contributed by atoms with Crippen molar-refractivity contribution in [2.45, 2.75) is 81.3 Å². The van der Waals surface area contributed by atoms with Gasteiger partial charge in [-0.1, -0.05) is 67.5 Å². The van der Waals surface area contributed by atoms with E-state index in [-0.39, 0.29) is 49.5 Å². The number of benzene rings is 2. The fourth-order valence-corrected chi connectivity index (χ4v) is 2.54. The van der Waals surface area contributed by atoms with Gasteiger partial charge in [0.05, 0.1) is 0 Å². The highest BCUT2D eigenvalue weighted by atomic mass is 16.7. The molecule has 0 atom stereocenters. The van der Waals surface area contributed by atoms with E-state index in [9.17, 15) is 19.8 Å². The standard InChI is InChI=1S/C19H20N2O6.4C2H6/c22-14-3-1-12(7-15(14)23)9-20-18(24)5-6-19(25)21-10-13-2-4-16-17(8-13)27-11-26-16;4*1-2/h1-4,7-8,22-23H,5-6,9-11H2,(H,20,24)(H,21,25);4*1-2H3. The van der Waals surface area contributed by atoms with Gasteiger partial charge >= 0.3 is 0 Å². The molecule has 2 aromatic carbocycles. The Morgan fingerprint density at radius 1 is 0.686 bits per heavy atom. The van der Waals surface area contributed by atoms with Crippen molar-refractivity contribution in [3.63, 3.8) is 0 Å². The average molecular weight is 493 g/mol. The van der Waals surface area contributed by atoms with Crippen molar-refractivity contribution in [2.24, 2.45) is 0 Å². The molecule has 1 aliphatic heterocycles. The highest BCUT2D eigenvalue weighted by Gasteiger charge is 2.13. The van der Waals surface area contributed by atoms with Crippen LogP contribution >= 0.6 is 0 Å². The molecule has 0 fully saturated rings. The van der Waals surface area contributed by atoms with Gasteiger partial charge in [0.15, 0.2) is 23.0 Å². The molecule has 0 saturated heterocycles. The van der Waals surface area contributed by atoms with Gasteiger partial charge in [0.2, 0.25) is 18.6 Å². The number of fused-ring (bicyclic) bond motifs is 1. The minimum absolute atomic E-state index is 0.0526. The van der Waals surface area contributed by atoms with Crippen LogP contribution in [0.2, 0.25) is 0 Å². The third kappa shape index (κ3) is 13.2. The quantitative estimate of drug-likeness (QED) is 0.371. The molecule has 0 aliphatic carbocycles. The van der Waals surface area contributed by atoms with Gasteiger partial charge in [0, 0.05) is 25.9 Å². The number of phenolic OH excluding ortho intramolecular Hbond substituents is 2. The van der Waals surface area contributed by atoms with Crippen molar-refractivity contribution in [1.29, 1.82) is 0 Å². The third-order valence-electron chi connectivity index (χ3n) is 4.04. The van der Waals surface area contributed by atoms with Gasteiger partial charge in [-0.2, -0.15) is 0 Å². The van der Waals surface area contributed by atoms with Crippen LogP contribution in [0.5, 0.6) is 23.0 Å². The molecular weight excluding hydrogens is 448 g/mol. The second-order valence-electron chi connectivity index (χ2n) is 6.06. The Hall–Kier alpha value is -3.42. The molecular formula is C27H44N2O6. The van der Waals surface area contributed by atoms with Crippen LogP contribution in [0.3, 0.4) is 0 Å². The largest absolute Gasteiger partial charge is 0.504 e. The first-order chi connectivity index (χ1) is 17.0. The lowest BCUT2D eigenvalue weighted by Crippen LogP contribution is -2.27. The van der Waals surface area contributed by atoms with Crippen LogP contribution in [0, 0.1) is 0 Å². The maximum absolute atomic E-state index is 11.9. The van der Waals surface area contributed by atoms with E-state index >= 15 is 0 Å². The Kier molecular flexibility index (Phi) is 20.4. The first-order valence-electron chi connectivity index (χ1n) is 12.4. The molecule has 2 aromatic rings. The van der Waals surface area contributed by atoms with Crippen molar-refractivity contribution in [2.75, 3.05) is 6.79 Å². The van der Waals surface area contributed by atoms with Crippen molar-refractivity contribution < 1.29 is 29.3 Å². The van der Waals surface area contributed by atoms with Gasteiger partial charge in [0.1, 0.15) is 0 Å². The summed E-state index contributed by atoms with van der Waals surface area (Å²) >= 11 is 0. The molecule has 1 heterocycles. The van der Waals surface area contributed by atoms with Gasteiger partial charge in [0.25, 0.3) is 0 Å².